The van der Waals surface area contributed by atoms with E-state index in [0.717, 1.165) is 5.56 Å². The van der Waals surface area contributed by atoms with Gasteiger partial charge >= 0.3 is 5.91 Å². The second kappa shape index (κ2) is 13.8. The Kier molecular flexibility index (Phi) is 11.8. The topological polar surface area (TPSA) is 115 Å². The maximum Gasteiger partial charge on any atom is 0.315 e. The molecule has 1 rings (SSSR count). The number of hydrogen-bond acceptors (Lipinski definition) is 5. The van der Waals surface area contributed by atoms with Gasteiger partial charge in [-0.15, -0.1) is 18.2 Å². The lowest BCUT2D eigenvalue weighted by atomic mass is 9.84. The van der Waals surface area contributed by atoms with Crippen LogP contribution in [0.2, 0.25) is 0 Å². The molecule has 8 heteroatoms. The van der Waals surface area contributed by atoms with Crippen molar-refractivity contribution in [3.05, 3.63) is 41.1 Å². The molecule has 7 nitrogen and oxygen atoms in total. The van der Waals surface area contributed by atoms with E-state index in [2.05, 4.69) is 16.6 Å². The Hall–Kier alpha value is -2.34. The molecule has 0 saturated carbocycles. The largest absolute Gasteiger partial charge is 0.628 e. The Balaban J connectivity index is 3.08. The molecular weight excluding hydrogens is 402 g/mol. The fourth-order valence-corrected chi connectivity index (χ4v) is 4.09. The third-order valence-electron chi connectivity index (χ3n) is 4.67. The summed E-state index contributed by atoms with van der Waals surface area (Å²) in [6.45, 7) is 3.88. The summed E-state index contributed by atoms with van der Waals surface area (Å²) in [5.41, 5.74) is 1.17. The predicted molar refractivity (Wildman–Crippen MR) is 119 cm³/mol. The molecule has 1 aromatic rings. The first-order valence-corrected chi connectivity index (χ1v) is 11.1. The molecule has 0 bridgehead atoms. The molecular formula is C22H31N3O4S. The molecule has 0 spiro atoms. The van der Waals surface area contributed by atoms with Crippen LogP contribution in [-0.4, -0.2) is 42.3 Å². The monoisotopic (exact) mass is 433 g/mol. The van der Waals surface area contributed by atoms with Crippen LogP contribution in [0.15, 0.2) is 30.3 Å². The maximum atomic E-state index is 13.2. The smallest absolute Gasteiger partial charge is 0.315 e. The van der Waals surface area contributed by atoms with Crippen molar-refractivity contribution in [3.63, 3.8) is 0 Å². The van der Waals surface area contributed by atoms with Crippen LogP contribution < -0.4 is 16.1 Å². The highest BCUT2D eigenvalue weighted by atomic mass is 32.2. The number of quaternary nitrogens is 1. The van der Waals surface area contributed by atoms with Gasteiger partial charge in [0.15, 0.2) is 0 Å². The molecule has 164 valence electrons. The van der Waals surface area contributed by atoms with E-state index in [1.165, 1.54) is 18.8 Å². The lowest BCUT2D eigenvalue weighted by Gasteiger charge is -2.27. The number of carbonyl (C=O) groups is 3. The molecule has 3 amide bonds. The number of carbonyl (C=O) groups excluding carboxylic acids is 3. The average Bonchev–Trinajstić information content (AvgIpc) is 2.74. The van der Waals surface area contributed by atoms with Crippen LogP contribution in [0.5, 0.6) is 0 Å². The molecule has 0 aliphatic carbocycles. The molecule has 0 radical (unpaired) electrons. The van der Waals surface area contributed by atoms with Gasteiger partial charge in [-0.2, -0.15) is 0 Å². The Morgan fingerprint density at radius 1 is 1.17 bits per heavy atom. The summed E-state index contributed by atoms with van der Waals surface area (Å²) in [6.07, 6.45) is 6.01. The summed E-state index contributed by atoms with van der Waals surface area (Å²) < 4.78 is 0. The summed E-state index contributed by atoms with van der Waals surface area (Å²) >= 11 is 1.34. The highest BCUT2D eigenvalue weighted by molar-refractivity contribution is 7.99. The highest BCUT2D eigenvalue weighted by Crippen LogP contribution is 2.25. The van der Waals surface area contributed by atoms with Gasteiger partial charge in [0.25, 0.3) is 0 Å². The van der Waals surface area contributed by atoms with Crippen molar-refractivity contribution >= 4 is 29.5 Å². The van der Waals surface area contributed by atoms with E-state index < -0.39 is 29.7 Å². The van der Waals surface area contributed by atoms with E-state index in [4.69, 9.17) is 6.42 Å². The fourth-order valence-electron chi connectivity index (χ4n) is 3.20. The van der Waals surface area contributed by atoms with Crippen LogP contribution in [0.3, 0.4) is 0 Å². The molecule has 0 fully saturated rings. The molecule has 30 heavy (non-hydrogen) atoms. The quantitative estimate of drug-likeness (QED) is 0.255. The summed E-state index contributed by atoms with van der Waals surface area (Å²) in [5, 5.41) is 16.6. The van der Waals surface area contributed by atoms with Crippen LogP contribution in [0, 0.1) is 35.3 Å². The number of benzene rings is 1. The zero-order valence-electron chi connectivity index (χ0n) is 17.7. The number of likely N-dealkylation sites (N-methyl/N-ethyl adjacent to an activating group) is 1. The van der Waals surface area contributed by atoms with Crippen LogP contribution in [0.1, 0.15) is 25.8 Å². The van der Waals surface area contributed by atoms with Crippen LogP contribution in [0.4, 0.5) is 0 Å². The Bertz CT molecular complexity index is 734. The Labute approximate surface area is 182 Å². The molecule has 3 atom stereocenters. The van der Waals surface area contributed by atoms with Gasteiger partial charge in [0.1, 0.15) is 6.04 Å². The van der Waals surface area contributed by atoms with Crippen molar-refractivity contribution in [3.8, 4) is 12.3 Å². The summed E-state index contributed by atoms with van der Waals surface area (Å²) in [4.78, 5) is 37.9. The molecule has 0 aliphatic rings. The Morgan fingerprint density at radius 2 is 1.83 bits per heavy atom. The van der Waals surface area contributed by atoms with Gasteiger partial charge in [-0.1, -0.05) is 50.1 Å². The summed E-state index contributed by atoms with van der Waals surface area (Å²) in [5.74, 6) is 0.386. The van der Waals surface area contributed by atoms with Gasteiger partial charge in [-0.25, -0.2) is 4.79 Å². The van der Waals surface area contributed by atoms with Crippen LogP contribution in [-0.2, 0) is 20.8 Å². The van der Waals surface area contributed by atoms with E-state index >= 15 is 0 Å². The van der Waals surface area contributed by atoms with Crippen LogP contribution >= 0.6 is 11.8 Å². The SMILES string of the molecule is C#CCSC[C@H](C(=O)[NH2+][O-])[C@@H](CC(C)C)C(=O)N[C@@H](Cc1ccccc1)C(=O)NC. The zero-order valence-corrected chi connectivity index (χ0v) is 18.5. The lowest BCUT2D eigenvalue weighted by Crippen LogP contribution is -2.84. The number of rotatable bonds is 12. The van der Waals surface area contributed by atoms with E-state index in [1.54, 1.807) is 0 Å². The molecule has 0 heterocycles. The van der Waals surface area contributed by atoms with Crippen molar-refractivity contribution in [1.29, 1.82) is 0 Å². The van der Waals surface area contributed by atoms with E-state index in [9.17, 15) is 19.6 Å². The van der Waals surface area contributed by atoms with Crippen molar-refractivity contribution in [2.24, 2.45) is 17.8 Å². The number of hydrogen-bond donors (Lipinski definition) is 3. The maximum absolute atomic E-state index is 13.2. The first-order valence-electron chi connectivity index (χ1n) is 9.90. The third kappa shape index (κ3) is 8.57. The van der Waals surface area contributed by atoms with Gasteiger partial charge in [-0.3, -0.25) is 9.59 Å². The van der Waals surface area contributed by atoms with E-state index in [0.29, 0.717) is 18.6 Å². The standard InChI is InChI=1S/C22H31N3O4S/c1-5-11-30-14-18(21(27)25-29)17(12-15(2)3)20(26)24-19(22(28)23-4)13-16-9-7-6-8-10-16/h1,6-10,15,17-19H,11-14,25H2,2-4H3,(H,23,28)(H,24,26)/t17-,18+,19+/m1/s1. The van der Waals surface area contributed by atoms with Gasteiger partial charge < -0.3 is 21.3 Å². The normalized spacial score (nSPS) is 13.7. The second-order valence-corrected chi connectivity index (χ2v) is 8.48. The third-order valence-corrected chi connectivity index (χ3v) is 5.64. The van der Waals surface area contributed by atoms with E-state index in [-0.39, 0.29) is 23.1 Å². The molecule has 0 unspecified atom stereocenters. The lowest BCUT2D eigenvalue weighted by molar-refractivity contribution is -0.504. The number of terminal acetylenes is 1. The number of nitrogens with one attached hydrogen (secondary N) is 2. The average molecular weight is 434 g/mol. The predicted octanol–water partition coefficient (Wildman–Crippen LogP) is 0.693. The summed E-state index contributed by atoms with van der Waals surface area (Å²) in [7, 11) is 1.51. The van der Waals surface area contributed by atoms with Gasteiger partial charge in [0.05, 0.1) is 17.6 Å². The van der Waals surface area contributed by atoms with Gasteiger partial charge in [0.2, 0.25) is 11.8 Å². The van der Waals surface area contributed by atoms with Crippen LogP contribution in [0.25, 0.3) is 0 Å². The van der Waals surface area contributed by atoms with Gasteiger partial charge in [0, 0.05) is 19.2 Å². The minimum Gasteiger partial charge on any atom is -0.628 e. The molecule has 4 N–H and O–H groups in total. The minimum absolute atomic E-state index is 0.118. The zero-order chi connectivity index (χ0) is 22.5. The number of nitrogens with two attached hydrogens (primary N) is 1. The van der Waals surface area contributed by atoms with Crippen molar-refractivity contribution < 1.29 is 19.9 Å². The van der Waals surface area contributed by atoms with Gasteiger partial charge in [-0.05, 0) is 17.9 Å². The first-order chi connectivity index (χ1) is 14.3. The second-order valence-electron chi connectivity index (χ2n) is 7.45. The first kappa shape index (κ1) is 25.7. The summed E-state index contributed by atoms with van der Waals surface area (Å²) in [6, 6.07) is 8.57. The van der Waals surface area contributed by atoms with Crippen molar-refractivity contribution in [2.75, 3.05) is 18.6 Å². The molecule has 1 aromatic carbocycles. The highest BCUT2D eigenvalue weighted by Gasteiger charge is 2.37. The molecule has 0 aliphatic heterocycles. The molecule has 0 aromatic heterocycles. The molecule has 0 saturated heterocycles. The minimum atomic E-state index is -0.787. The van der Waals surface area contributed by atoms with E-state index in [1.807, 2.05) is 44.2 Å². The number of amides is 3. The van der Waals surface area contributed by atoms with Crippen molar-refractivity contribution in [1.82, 2.24) is 10.6 Å². The number of hydroxylamine groups is 1. The fraction of sp³-hybridized carbons (Fsp3) is 0.500. The van der Waals surface area contributed by atoms with Crippen molar-refractivity contribution in [2.45, 2.75) is 32.7 Å². The number of thioether (sulfide) groups is 1. The number of primary amides is 1. The Morgan fingerprint density at radius 3 is 2.37 bits per heavy atom.